The molecule has 1 unspecified atom stereocenters. The van der Waals surface area contributed by atoms with Crippen molar-refractivity contribution in [3.63, 3.8) is 0 Å². The molecule has 0 aliphatic heterocycles. The standard InChI is InChI=1S/C15H24N2O3S/c1-11-4-3-5-13(8-11)20-10-12(18)9-17-15(19)14(16)6-7-21-2/h3-5,8,12,14,18H,6-7,9-10,16H2,1-2H3,(H,17,19)/t12?,14-/m0/s1. The molecule has 0 aliphatic carbocycles. The van der Waals surface area contributed by atoms with Crippen LogP contribution < -0.4 is 15.8 Å². The van der Waals surface area contributed by atoms with Gasteiger partial charge in [0.1, 0.15) is 18.5 Å². The van der Waals surface area contributed by atoms with E-state index in [1.807, 2.05) is 37.4 Å². The maximum atomic E-state index is 11.7. The van der Waals surface area contributed by atoms with Gasteiger partial charge >= 0.3 is 0 Å². The highest BCUT2D eigenvalue weighted by molar-refractivity contribution is 7.98. The number of aryl methyl sites for hydroxylation is 1. The van der Waals surface area contributed by atoms with E-state index in [-0.39, 0.29) is 19.1 Å². The summed E-state index contributed by atoms with van der Waals surface area (Å²) >= 11 is 1.65. The number of ether oxygens (including phenoxy) is 1. The largest absolute Gasteiger partial charge is 0.491 e. The Morgan fingerprint density at radius 2 is 2.29 bits per heavy atom. The molecule has 1 aromatic carbocycles. The van der Waals surface area contributed by atoms with Gasteiger partial charge in [-0.1, -0.05) is 12.1 Å². The Labute approximate surface area is 130 Å². The number of carbonyl (C=O) groups is 1. The minimum atomic E-state index is -0.762. The van der Waals surface area contributed by atoms with Crippen LogP contribution in [0, 0.1) is 6.92 Å². The molecule has 0 aromatic heterocycles. The maximum Gasteiger partial charge on any atom is 0.237 e. The molecule has 0 heterocycles. The summed E-state index contributed by atoms with van der Waals surface area (Å²) in [6.45, 7) is 2.24. The molecule has 1 amide bonds. The lowest BCUT2D eigenvalue weighted by Gasteiger charge is -2.16. The van der Waals surface area contributed by atoms with Crippen LogP contribution in [0.15, 0.2) is 24.3 Å². The molecule has 21 heavy (non-hydrogen) atoms. The lowest BCUT2D eigenvalue weighted by Crippen LogP contribution is -2.44. The molecule has 0 spiro atoms. The fourth-order valence-corrected chi connectivity index (χ4v) is 2.17. The Hall–Kier alpha value is -1.24. The summed E-state index contributed by atoms with van der Waals surface area (Å²) in [5, 5.41) is 12.4. The average molecular weight is 312 g/mol. The van der Waals surface area contributed by atoms with Crippen LogP contribution in [0.4, 0.5) is 0 Å². The van der Waals surface area contributed by atoms with Crippen molar-refractivity contribution in [3.8, 4) is 5.75 Å². The molecule has 0 aliphatic rings. The van der Waals surface area contributed by atoms with Crippen LogP contribution >= 0.6 is 11.8 Å². The van der Waals surface area contributed by atoms with E-state index in [2.05, 4.69) is 5.32 Å². The molecule has 1 aromatic rings. The van der Waals surface area contributed by atoms with Crippen molar-refractivity contribution in [1.29, 1.82) is 0 Å². The molecule has 0 bridgehead atoms. The predicted octanol–water partition coefficient (Wildman–Crippen LogP) is 0.931. The molecular weight excluding hydrogens is 288 g/mol. The van der Waals surface area contributed by atoms with E-state index in [0.29, 0.717) is 12.2 Å². The Bertz CT molecular complexity index is 443. The number of rotatable bonds is 9. The quantitative estimate of drug-likeness (QED) is 0.632. The van der Waals surface area contributed by atoms with Crippen molar-refractivity contribution in [2.75, 3.05) is 25.2 Å². The highest BCUT2D eigenvalue weighted by atomic mass is 32.2. The van der Waals surface area contributed by atoms with E-state index in [9.17, 15) is 9.90 Å². The average Bonchev–Trinajstić information content (AvgIpc) is 2.48. The Kier molecular flexibility index (Phi) is 8.19. The van der Waals surface area contributed by atoms with Crippen molar-refractivity contribution < 1.29 is 14.6 Å². The summed E-state index contributed by atoms with van der Waals surface area (Å²) < 4.78 is 5.47. The summed E-state index contributed by atoms with van der Waals surface area (Å²) in [5.74, 6) is 1.31. The van der Waals surface area contributed by atoms with E-state index in [4.69, 9.17) is 10.5 Å². The second-order valence-corrected chi connectivity index (χ2v) is 5.90. The second kappa shape index (κ2) is 9.65. The van der Waals surface area contributed by atoms with Gasteiger partial charge in [-0.2, -0.15) is 11.8 Å². The van der Waals surface area contributed by atoms with Crippen LogP contribution in [0.1, 0.15) is 12.0 Å². The topological polar surface area (TPSA) is 84.6 Å². The van der Waals surface area contributed by atoms with Crippen LogP contribution in [0.3, 0.4) is 0 Å². The van der Waals surface area contributed by atoms with Crippen LogP contribution in [-0.4, -0.2) is 48.3 Å². The molecule has 0 fully saturated rings. The van der Waals surface area contributed by atoms with Gasteiger partial charge in [0, 0.05) is 6.54 Å². The predicted molar refractivity (Wildman–Crippen MR) is 86.7 cm³/mol. The Morgan fingerprint density at radius 3 is 2.95 bits per heavy atom. The fourth-order valence-electron chi connectivity index (χ4n) is 1.68. The number of thioether (sulfide) groups is 1. The number of carbonyl (C=O) groups excluding carboxylic acids is 1. The number of aliphatic hydroxyl groups excluding tert-OH is 1. The van der Waals surface area contributed by atoms with Crippen LogP contribution in [-0.2, 0) is 4.79 Å². The highest BCUT2D eigenvalue weighted by Gasteiger charge is 2.14. The van der Waals surface area contributed by atoms with Gasteiger partial charge < -0.3 is 20.9 Å². The van der Waals surface area contributed by atoms with Gasteiger partial charge in [0.25, 0.3) is 0 Å². The summed E-state index contributed by atoms with van der Waals surface area (Å²) in [4.78, 5) is 11.7. The maximum absolute atomic E-state index is 11.7. The van der Waals surface area contributed by atoms with E-state index in [0.717, 1.165) is 11.3 Å². The van der Waals surface area contributed by atoms with Gasteiger partial charge in [-0.3, -0.25) is 4.79 Å². The fraction of sp³-hybridized carbons (Fsp3) is 0.533. The summed E-state index contributed by atoms with van der Waals surface area (Å²) in [7, 11) is 0. The SMILES string of the molecule is CSCC[C@H](N)C(=O)NCC(O)COc1cccc(C)c1. The van der Waals surface area contributed by atoms with E-state index >= 15 is 0 Å². The first-order valence-electron chi connectivity index (χ1n) is 6.92. The third-order valence-electron chi connectivity index (χ3n) is 2.91. The molecule has 118 valence electrons. The van der Waals surface area contributed by atoms with Gasteiger partial charge in [-0.25, -0.2) is 0 Å². The number of nitrogens with two attached hydrogens (primary N) is 1. The second-order valence-electron chi connectivity index (χ2n) is 4.91. The first-order chi connectivity index (χ1) is 10.0. The zero-order chi connectivity index (χ0) is 15.7. The van der Waals surface area contributed by atoms with Crippen molar-refractivity contribution in [2.24, 2.45) is 5.73 Å². The Morgan fingerprint density at radius 1 is 1.52 bits per heavy atom. The minimum absolute atomic E-state index is 0.129. The lowest BCUT2D eigenvalue weighted by atomic mass is 10.2. The normalized spacial score (nSPS) is 13.5. The molecule has 1 rings (SSSR count). The minimum Gasteiger partial charge on any atom is -0.491 e. The third-order valence-corrected chi connectivity index (χ3v) is 3.56. The van der Waals surface area contributed by atoms with Crippen molar-refractivity contribution >= 4 is 17.7 Å². The number of aliphatic hydroxyl groups is 1. The molecule has 5 nitrogen and oxygen atoms in total. The van der Waals surface area contributed by atoms with Gasteiger partial charge in [-0.05, 0) is 43.0 Å². The molecule has 0 saturated heterocycles. The van der Waals surface area contributed by atoms with Gasteiger partial charge in [0.15, 0.2) is 0 Å². The molecule has 6 heteroatoms. The van der Waals surface area contributed by atoms with Gasteiger partial charge in [0.05, 0.1) is 6.04 Å². The highest BCUT2D eigenvalue weighted by Crippen LogP contribution is 2.12. The summed E-state index contributed by atoms with van der Waals surface area (Å²) in [6, 6.07) is 7.06. The van der Waals surface area contributed by atoms with E-state index in [1.54, 1.807) is 11.8 Å². The number of amides is 1. The Balaban J connectivity index is 2.24. The van der Waals surface area contributed by atoms with Crippen LogP contribution in [0.5, 0.6) is 5.75 Å². The van der Waals surface area contributed by atoms with Gasteiger partial charge in [-0.15, -0.1) is 0 Å². The monoisotopic (exact) mass is 312 g/mol. The number of benzene rings is 1. The number of nitrogens with one attached hydrogen (secondary N) is 1. The van der Waals surface area contributed by atoms with Crippen molar-refractivity contribution in [1.82, 2.24) is 5.32 Å². The molecule has 4 N–H and O–H groups in total. The van der Waals surface area contributed by atoms with Crippen molar-refractivity contribution in [2.45, 2.75) is 25.5 Å². The van der Waals surface area contributed by atoms with E-state index in [1.165, 1.54) is 0 Å². The molecule has 0 saturated carbocycles. The first kappa shape index (κ1) is 17.8. The van der Waals surface area contributed by atoms with Crippen LogP contribution in [0.25, 0.3) is 0 Å². The molecule has 2 atom stereocenters. The van der Waals surface area contributed by atoms with E-state index < -0.39 is 12.1 Å². The smallest absolute Gasteiger partial charge is 0.237 e. The van der Waals surface area contributed by atoms with Crippen LogP contribution in [0.2, 0.25) is 0 Å². The first-order valence-corrected chi connectivity index (χ1v) is 8.32. The number of hydrogen-bond donors (Lipinski definition) is 3. The van der Waals surface area contributed by atoms with Crippen molar-refractivity contribution in [3.05, 3.63) is 29.8 Å². The zero-order valence-electron chi connectivity index (χ0n) is 12.5. The zero-order valence-corrected chi connectivity index (χ0v) is 13.4. The molecule has 0 radical (unpaired) electrons. The third kappa shape index (κ3) is 7.36. The summed E-state index contributed by atoms with van der Waals surface area (Å²) in [6.07, 6.45) is 1.84. The molecular formula is C15H24N2O3S. The van der Waals surface area contributed by atoms with Gasteiger partial charge in [0.2, 0.25) is 5.91 Å². The summed E-state index contributed by atoms with van der Waals surface area (Å²) in [5.41, 5.74) is 6.83. The number of hydrogen-bond acceptors (Lipinski definition) is 5. The lowest BCUT2D eigenvalue weighted by molar-refractivity contribution is -0.122.